The normalized spacial score (nSPS) is 10.6. The molecule has 3 rings (SSSR count). The van der Waals surface area contributed by atoms with Crippen molar-refractivity contribution in [3.05, 3.63) is 71.8 Å². The standard InChI is InChI=1S/C23H29N5/c1-18-12-14-20(15-13-18)24-21-17-22(27(2)3)26-23(25-21)28(4)16-8-11-19-9-6-5-7-10-19/h5-7,9-10,12-15,17H,8,11,16H2,1-4H3,(H,24,25,26). The third kappa shape index (κ3) is 5.46. The lowest BCUT2D eigenvalue weighted by atomic mass is 10.1. The number of aromatic nitrogens is 2. The number of hydrogen-bond donors (Lipinski definition) is 1. The van der Waals surface area contributed by atoms with Gasteiger partial charge in [0.25, 0.3) is 0 Å². The van der Waals surface area contributed by atoms with Crippen molar-refractivity contribution in [3.8, 4) is 0 Å². The van der Waals surface area contributed by atoms with Crippen LogP contribution in [0.4, 0.5) is 23.3 Å². The van der Waals surface area contributed by atoms with Gasteiger partial charge in [-0.3, -0.25) is 0 Å². The van der Waals surface area contributed by atoms with Crippen molar-refractivity contribution in [1.29, 1.82) is 0 Å². The Morgan fingerprint density at radius 2 is 1.61 bits per heavy atom. The van der Waals surface area contributed by atoms with E-state index in [0.717, 1.165) is 42.7 Å². The van der Waals surface area contributed by atoms with E-state index < -0.39 is 0 Å². The van der Waals surface area contributed by atoms with Crippen LogP contribution in [0.2, 0.25) is 0 Å². The number of nitrogens with zero attached hydrogens (tertiary/aromatic N) is 4. The zero-order valence-corrected chi connectivity index (χ0v) is 17.2. The molecular formula is C23H29N5. The van der Waals surface area contributed by atoms with Crippen molar-refractivity contribution >= 4 is 23.3 Å². The third-order valence-electron chi connectivity index (χ3n) is 4.63. The molecule has 0 aliphatic carbocycles. The molecule has 2 aromatic carbocycles. The van der Waals surface area contributed by atoms with E-state index in [1.165, 1.54) is 11.1 Å². The Morgan fingerprint density at radius 1 is 0.893 bits per heavy atom. The minimum absolute atomic E-state index is 0.730. The molecule has 0 aliphatic heterocycles. The molecule has 1 heterocycles. The lowest BCUT2D eigenvalue weighted by molar-refractivity contribution is 0.765. The summed E-state index contributed by atoms with van der Waals surface area (Å²) in [5, 5.41) is 3.40. The molecule has 5 heteroatoms. The first-order valence-corrected chi connectivity index (χ1v) is 9.66. The molecule has 5 nitrogen and oxygen atoms in total. The molecule has 1 aromatic heterocycles. The van der Waals surface area contributed by atoms with Gasteiger partial charge in [-0.25, -0.2) is 0 Å². The van der Waals surface area contributed by atoms with E-state index in [0.29, 0.717) is 0 Å². The lowest BCUT2D eigenvalue weighted by Crippen LogP contribution is -2.23. The largest absolute Gasteiger partial charge is 0.363 e. The summed E-state index contributed by atoms with van der Waals surface area (Å²) < 4.78 is 0. The molecule has 0 fully saturated rings. The first-order chi connectivity index (χ1) is 13.5. The average Bonchev–Trinajstić information content (AvgIpc) is 2.70. The van der Waals surface area contributed by atoms with Gasteiger partial charge in [0.1, 0.15) is 11.6 Å². The predicted molar refractivity (Wildman–Crippen MR) is 119 cm³/mol. The molecule has 0 saturated heterocycles. The average molecular weight is 376 g/mol. The fourth-order valence-corrected chi connectivity index (χ4v) is 2.94. The molecule has 0 atom stereocenters. The molecule has 1 N–H and O–H groups in total. The fourth-order valence-electron chi connectivity index (χ4n) is 2.94. The third-order valence-corrected chi connectivity index (χ3v) is 4.63. The van der Waals surface area contributed by atoms with Crippen molar-refractivity contribution < 1.29 is 0 Å². The number of benzene rings is 2. The van der Waals surface area contributed by atoms with Gasteiger partial charge in [0, 0.05) is 39.4 Å². The summed E-state index contributed by atoms with van der Waals surface area (Å²) in [4.78, 5) is 13.6. The SMILES string of the molecule is Cc1ccc(Nc2cc(N(C)C)nc(N(C)CCCc3ccccc3)n2)cc1. The van der Waals surface area contributed by atoms with Gasteiger partial charge in [0.15, 0.2) is 0 Å². The van der Waals surface area contributed by atoms with E-state index >= 15 is 0 Å². The van der Waals surface area contributed by atoms with E-state index in [4.69, 9.17) is 9.97 Å². The highest BCUT2D eigenvalue weighted by molar-refractivity contribution is 5.61. The van der Waals surface area contributed by atoms with Crippen LogP contribution in [-0.4, -0.2) is 37.7 Å². The van der Waals surface area contributed by atoms with Crippen LogP contribution in [0.15, 0.2) is 60.7 Å². The lowest BCUT2D eigenvalue weighted by Gasteiger charge is -2.21. The van der Waals surface area contributed by atoms with Crippen LogP contribution in [0.1, 0.15) is 17.5 Å². The van der Waals surface area contributed by atoms with Crippen LogP contribution in [-0.2, 0) is 6.42 Å². The molecule has 0 unspecified atom stereocenters. The van der Waals surface area contributed by atoms with Gasteiger partial charge in [-0.15, -0.1) is 0 Å². The van der Waals surface area contributed by atoms with Crippen molar-refractivity contribution in [2.75, 3.05) is 42.8 Å². The first-order valence-electron chi connectivity index (χ1n) is 9.66. The van der Waals surface area contributed by atoms with E-state index in [9.17, 15) is 0 Å². The van der Waals surface area contributed by atoms with Gasteiger partial charge in [0.2, 0.25) is 5.95 Å². The Hall–Kier alpha value is -3.08. The van der Waals surface area contributed by atoms with Gasteiger partial charge in [-0.2, -0.15) is 9.97 Å². The van der Waals surface area contributed by atoms with Gasteiger partial charge in [-0.1, -0.05) is 48.0 Å². The number of rotatable bonds is 8. The molecule has 28 heavy (non-hydrogen) atoms. The number of anilines is 4. The molecule has 0 amide bonds. The summed E-state index contributed by atoms with van der Waals surface area (Å²) in [6.07, 6.45) is 2.10. The quantitative estimate of drug-likeness (QED) is 0.620. The van der Waals surface area contributed by atoms with E-state index in [-0.39, 0.29) is 0 Å². The maximum atomic E-state index is 4.74. The predicted octanol–water partition coefficient (Wildman–Crippen LogP) is 4.66. The minimum atomic E-state index is 0.730. The van der Waals surface area contributed by atoms with E-state index in [1.54, 1.807) is 0 Å². The van der Waals surface area contributed by atoms with Crippen molar-refractivity contribution in [2.45, 2.75) is 19.8 Å². The van der Waals surface area contributed by atoms with Gasteiger partial charge < -0.3 is 15.1 Å². The number of hydrogen-bond acceptors (Lipinski definition) is 5. The fraction of sp³-hybridized carbons (Fsp3) is 0.304. The summed E-state index contributed by atoms with van der Waals surface area (Å²) in [6.45, 7) is 2.98. The molecule has 0 spiro atoms. The summed E-state index contributed by atoms with van der Waals surface area (Å²) in [5.74, 6) is 2.41. The molecule has 0 radical (unpaired) electrons. The van der Waals surface area contributed by atoms with Crippen LogP contribution in [0.25, 0.3) is 0 Å². The summed E-state index contributed by atoms with van der Waals surface area (Å²) in [7, 11) is 6.05. The molecular weight excluding hydrogens is 346 g/mol. The summed E-state index contributed by atoms with van der Waals surface area (Å²) >= 11 is 0. The monoisotopic (exact) mass is 375 g/mol. The molecule has 0 aliphatic rings. The van der Waals surface area contributed by atoms with Crippen LogP contribution < -0.4 is 15.1 Å². The maximum absolute atomic E-state index is 4.74. The van der Waals surface area contributed by atoms with Crippen LogP contribution in [0.5, 0.6) is 0 Å². The Labute approximate surface area is 168 Å². The van der Waals surface area contributed by atoms with Crippen LogP contribution in [0, 0.1) is 6.92 Å². The van der Waals surface area contributed by atoms with E-state index in [2.05, 4.69) is 78.8 Å². The van der Waals surface area contributed by atoms with E-state index in [1.807, 2.05) is 25.1 Å². The highest BCUT2D eigenvalue weighted by Crippen LogP contribution is 2.22. The number of aryl methyl sites for hydroxylation is 2. The Morgan fingerprint density at radius 3 is 2.29 bits per heavy atom. The molecule has 0 saturated carbocycles. The molecule has 146 valence electrons. The Kier molecular flexibility index (Phi) is 6.48. The molecule has 0 bridgehead atoms. The van der Waals surface area contributed by atoms with Crippen molar-refractivity contribution in [1.82, 2.24) is 9.97 Å². The zero-order chi connectivity index (χ0) is 19.9. The second-order valence-corrected chi connectivity index (χ2v) is 7.31. The Bertz CT molecular complexity index is 875. The summed E-state index contributed by atoms with van der Waals surface area (Å²) in [6, 6.07) is 20.9. The smallest absolute Gasteiger partial charge is 0.229 e. The number of nitrogens with one attached hydrogen (secondary N) is 1. The molecule has 3 aromatic rings. The highest BCUT2D eigenvalue weighted by Gasteiger charge is 2.11. The minimum Gasteiger partial charge on any atom is -0.363 e. The van der Waals surface area contributed by atoms with Gasteiger partial charge in [-0.05, 0) is 37.5 Å². The topological polar surface area (TPSA) is 44.3 Å². The Balaban J connectivity index is 1.71. The first kappa shape index (κ1) is 19.7. The van der Waals surface area contributed by atoms with Gasteiger partial charge in [0.05, 0.1) is 0 Å². The van der Waals surface area contributed by atoms with Gasteiger partial charge >= 0.3 is 0 Å². The second-order valence-electron chi connectivity index (χ2n) is 7.31. The van der Waals surface area contributed by atoms with Crippen LogP contribution >= 0.6 is 0 Å². The highest BCUT2D eigenvalue weighted by atomic mass is 15.3. The van der Waals surface area contributed by atoms with Crippen LogP contribution in [0.3, 0.4) is 0 Å². The van der Waals surface area contributed by atoms with Crippen molar-refractivity contribution in [3.63, 3.8) is 0 Å². The maximum Gasteiger partial charge on any atom is 0.229 e. The zero-order valence-electron chi connectivity index (χ0n) is 17.2. The summed E-state index contributed by atoms with van der Waals surface area (Å²) in [5.41, 5.74) is 3.62. The van der Waals surface area contributed by atoms with Crippen molar-refractivity contribution in [2.24, 2.45) is 0 Å². The second kappa shape index (κ2) is 9.22.